The maximum Gasteiger partial charge on any atom is 0.101 e. The molecule has 0 bridgehead atoms. The lowest BCUT2D eigenvalue weighted by atomic mass is 10.1. The Balaban J connectivity index is 2.02. The van der Waals surface area contributed by atoms with Gasteiger partial charge in [-0.25, -0.2) is 9.97 Å². The Kier molecular flexibility index (Phi) is 4.51. The number of hydrogen-bond acceptors (Lipinski definition) is 2. The first-order chi connectivity index (χ1) is 7.74. The maximum absolute atomic E-state index is 4.47. The van der Waals surface area contributed by atoms with Crippen LogP contribution in [0.3, 0.4) is 0 Å². The quantitative estimate of drug-likeness (QED) is 0.545. The van der Waals surface area contributed by atoms with Crippen LogP contribution >= 0.6 is 45.2 Å². The zero-order valence-corrected chi connectivity index (χ0v) is 12.8. The highest BCUT2D eigenvalue weighted by Gasteiger charge is 1.99. The van der Waals surface area contributed by atoms with Gasteiger partial charge >= 0.3 is 0 Å². The molecule has 2 aromatic heterocycles. The lowest BCUT2D eigenvalue weighted by molar-refractivity contribution is 0.871. The molecule has 2 rings (SSSR count). The van der Waals surface area contributed by atoms with Gasteiger partial charge in [0.25, 0.3) is 0 Å². The molecule has 0 aliphatic rings. The van der Waals surface area contributed by atoms with Crippen molar-refractivity contribution in [3.63, 3.8) is 0 Å². The second-order valence-electron chi connectivity index (χ2n) is 3.40. The van der Waals surface area contributed by atoms with Gasteiger partial charge in [0.15, 0.2) is 0 Å². The van der Waals surface area contributed by atoms with Crippen LogP contribution in [0, 0.1) is 7.40 Å². The van der Waals surface area contributed by atoms with Crippen molar-refractivity contribution >= 4 is 45.2 Å². The molecule has 0 atom stereocenters. The molecule has 2 heterocycles. The number of hydrogen-bond donors (Lipinski definition) is 0. The Morgan fingerprint density at radius 1 is 0.750 bits per heavy atom. The summed E-state index contributed by atoms with van der Waals surface area (Å²) in [5.41, 5.74) is 2.26. The van der Waals surface area contributed by atoms with E-state index >= 15 is 0 Å². The standard InChI is InChI=1S/C12H10I2N2/c13-11-5-1-3-9(15-11)7-8-10-4-2-6-12(14)16-10/h1-6H,7-8H2. The van der Waals surface area contributed by atoms with Gasteiger partial charge in [-0.2, -0.15) is 0 Å². The maximum atomic E-state index is 4.47. The first kappa shape index (κ1) is 12.2. The summed E-state index contributed by atoms with van der Waals surface area (Å²) in [4.78, 5) is 8.94. The average molecular weight is 436 g/mol. The lowest BCUT2D eigenvalue weighted by Gasteiger charge is -2.01. The predicted molar refractivity (Wildman–Crippen MR) is 81.3 cm³/mol. The molecule has 0 aliphatic heterocycles. The Morgan fingerprint density at radius 3 is 1.56 bits per heavy atom. The van der Waals surface area contributed by atoms with Crippen molar-refractivity contribution in [2.24, 2.45) is 0 Å². The molecule has 16 heavy (non-hydrogen) atoms. The summed E-state index contributed by atoms with van der Waals surface area (Å²) in [6, 6.07) is 12.2. The van der Waals surface area contributed by atoms with E-state index in [1.54, 1.807) is 0 Å². The van der Waals surface area contributed by atoms with Crippen LogP contribution in [0.15, 0.2) is 36.4 Å². The SMILES string of the molecule is Ic1cccc(CCc2cccc(I)n2)n1. The molecule has 0 spiro atoms. The van der Waals surface area contributed by atoms with E-state index in [1.165, 1.54) is 0 Å². The molecule has 0 N–H and O–H groups in total. The molecule has 4 heteroatoms. The fraction of sp³-hybridized carbons (Fsp3) is 0.167. The van der Waals surface area contributed by atoms with Gasteiger partial charge in [-0.3, -0.25) is 0 Å². The number of aromatic nitrogens is 2. The minimum atomic E-state index is 0.948. The van der Waals surface area contributed by atoms with Crippen LogP contribution in [0.25, 0.3) is 0 Å². The summed E-state index contributed by atoms with van der Waals surface area (Å²) in [5.74, 6) is 0. The fourth-order valence-corrected chi connectivity index (χ4v) is 2.47. The van der Waals surface area contributed by atoms with E-state index in [0.29, 0.717) is 0 Å². The minimum absolute atomic E-state index is 0.948. The van der Waals surface area contributed by atoms with Crippen LogP contribution in [0.5, 0.6) is 0 Å². The fourth-order valence-electron chi connectivity index (χ4n) is 1.44. The average Bonchev–Trinajstić information content (AvgIpc) is 2.27. The molecule has 0 aliphatic carbocycles. The van der Waals surface area contributed by atoms with Gasteiger partial charge < -0.3 is 0 Å². The molecular formula is C12H10I2N2. The van der Waals surface area contributed by atoms with Gasteiger partial charge in [0.1, 0.15) is 7.40 Å². The Morgan fingerprint density at radius 2 is 1.19 bits per heavy atom. The van der Waals surface area contributed by atoms with E-state index in [1.807, 2.05) is 24.3 Å². The van der Waals surface area contributed by atoms with E-state index in [-0.39, 0.29) is 0 Å². The van der Waals surface area contributed by atoms with Crippen LogP contribution in [-0.2, 0) is 12.8 Å². The molecule has 0 amide bonds. The Hall–Kier alpha value is -0.240. The van der Waals surface area contributed by atoms with Crippen molar-refractivity contribution < 1.29 is 0 Å². The molecule has 2 nitrogen and oxygen atoms in total. The van der Waals surface area contributed by atoms with Gasteiger partial charge in [-0.1, -0.05) is 12.1 Å². The van der Waals surface area contributed by atoms with Crippen LogP contribution in [0.4, 0.5) is 0 Å². The van der Waals surface area contributed by atoms with Crippen molar-refractivity contribution in [1.82, 2.24) is 9.97 Å². The molecular weight excluding hydrogens is 426 g/mol. The highest BCUT2D eigenvalue weighted by Crippen LogP contribution is 2.08. The smallest absolute Gasteiger partial charge is 0.101 e. The van der Waals surface area contributed by atoms with Crippen LogP contribution in [0.1, 0.15) is 11.4 Å². The van der Waals surface area contributed by atoms with Crippen LogP contribution < -0.4 is 0 Å². The number of rotatable bonds is 3. The molecule has 82 valence electrons. The summed E-state index contributed by atoms with van der Waals surface area (Å²) >= 11 is 4.47. The van der Waals surface area contributed by atoms with Crippen molar-refractivity contribution in [3.05, 3.63) is 55.2 Å². The second kappa shape index (κ2) is 5.90. The Labute approximate surface area is 122 Å². The van der Waals surface area contributed by atoms with Crippen molar-refractivity contribution in [3.8, 4) is 0 Å². The monoisotopic (exact) mass is 436 g/mol. The third-order valence-electron chi connectivity index (χ3n) is 2.18. The van der Waals surface area contributed by atoms with Crippen LogP contribution in [-0.4, -0.2) is 9.97 Å². The van der Waals surface area contributed by atoms with Gasteiger partial charge in [0.05, 0.1) is 0 Å². The number of aryl methyl sites for hydroxylation is 2. The predicted octanol–water partition coefficient (Wildman–Crippen LogP) is 3.47. The summed E-state index contributed by atoms with van der Waals surface area (Å²) in [6.45, 7) is 0. The largest absolute Gasteiger partial charge is 0.247 e. The molecule has 0 radical (unpaired) electrons. The van der Waals surface area contributed by atoms with Gasteiger partial charge in [-0.15, -0.1) is 0 Å². The number of halogens is 2. The molecule has 0 saturated heterocycles. The molecule has 0 unspecified atom stereocenters. The van der Waals surface area contributed by atoms with Crippen LogP contribution in [0.2, 0.25) is 0 Å². The highest BCUT2D eigenvalue weighted by atomic mass is 127. The second-order valence-corrected chi connectivity index (χ2v) is 5.61. The topological polar surface area (TPSA) is 25.8 Å². The van der Waals surface area contributed by atoms with Crippen molar-refractivity contribution in [2.45, 2.75) is 12.8 Å². The van der Waals surface area contributed by atoms with Gasteiger partial charge in [0.2, 0.25) is 0 Å². The van der Waals surface area contributed by atoms with E-state index in [9.17, 15) is 0 Å². The molecule has 0 fully saturated rings. The van der Waals surface area contributed by atoms with Crippen molar-refractivity contribution in [1.29, 1.82) is 0 Å². The first-order valence-electron chi connectivity index (χ1n) is 4.97. The van der Waals surface area contributed by atoms with Crippen molar-refractivity contribution in [2.75, 3.05) is 0 Å². The third-order valence-corrected chi connectivity index (χ3v) is 3.38. The van der Waals surface area contributed by atoms with E-state index in [2.05, 4.69) is 67.3 Å². The van der Waals surface area contributed by atoms with E-state index < -0.39 is 0 Å². The number of pyridine rings is 2. The molecule has 2 aromatic rings. The third kappa shape index (κ3) is 3.65. The summed E-state index contributed by atoms with van der Waals surface area (Å²) < 4.78 is 2.09. The number of nitrogens with zero attached hydrogens (tertiary/aromatic N) is 2. The zero-order valence-electron chi connectivity index (χ0n) is 8.53. The van der Waals surface area contributed by atoms with Gasteiger partial charge in [0, 0.05) is 11.4 Å². The highest BCUT2D eigenvalue weighted by molar-refractivity contribution is 14.1. The summed E-state index contributed by atoms with van der Waals surface area (Å²) in [7, 11) is 0. The summed E-state index contributed by atoms with van der Waals surface area (Å²) in [6.07, 6.45) is 1.90. The first-order valence-corrected chi connectivity index (χ1v) is 7.13. The minimum Gasteiger partial charge on any atom is -0.247 e. The normalized spacial score (nSPS) is 10.4. The van der Waals surface area contributed by atoms with E-state index in [0.717, 1.165) is 31.6 Å². The molecule has 0 aromatic carbocycles. The summed E-state index contributed by atoms with van der Waals surface area (Å²) in [5, 5.41) is 0. The van der Waals surface area contributed by atoms with Gasteiger partial charge in [-0.05, 0) is 82.3 Å². The van der Waals surface area contributed by atoms with E-state index in [4.69, 9.17) is 0 Å². The zero-order chi connectivity index (χ0) is 11.4. The Bertz CT molecular complexity index is 440. The molecule has 0 saturated carbocycles. The lowest BCUT2D eigenvalue weighted by Crippen LogP contribution is -1.98.